The Bertz CT molecular complexity index is 1170. The van der Waals surface area contributed by atoms with E-state index in [4.69, 9.17) is 11.6 Å². The number of aliphatic imine (C=N–C) groups is 1. The molecule has 6 nitrogen and oxygen atoms in total. The lowest BCUT2D eigenvalue weighted by Gasteiger charge is -2.18. The fraction of sp³-hybridized carbons (Fsp3) is 0. The van der Waals surface area contributed by atoms with Gasteiger partial charge in [0.15, 0.2) is 0 Å². The number of hydrogen-bond donors (Lipinski definition) is 0. The van der Waals surface area contributed by atoms with E-state index < -0.39 is 10.8 Å². The van der Waals surface area contributed by atoms with Gasteiger partial charge >= 0.3 is 0 Å². The summed E-state index contributed by atoms with van der Waals surface area (Å²) in [6.07, 6.45) is 1.62. The molecule has 0 radical (unpaired) electrons. The third kappa shape index (κ3) is 3.66. The summed E-state index contributed by atoms with van der Waals surface area (Å²) in [4.78, 5) is 30.1. The first kappa shape index (κ1) is 18.6. The maximum atomic E-state index is 13.2. The first-order valence-electron chi connectivity index (χ1n) is 8.74. The zero-order valence-corrected chi connectivity index (χ0v) is 15.8. The van der Waals surface area contributed by atoms with E-state index >= 15 is 0 Å². The van der Waals surface area contributed by atoms with Gasteiger partial charge in [-0.3, -0.25) is 19.8 Å². The predicted molar refractivity (Wildman–Crippen MR) is 113 cm³/mol. The largest absolute Gasteiger partial charge is 0.293 e. The SMILES string of the molecule is O=C1C(=Cc2cccc(Cl)c2)N=C(c2ccccc2)N1c1ccccc1[N+](=O)[O-]. The second kappa shape index (κ2) is 7.69. The van der Waals surface area contributed by atoms with Gasteiger partial charge in [0.05, 0.1) is 4.92 Å². The molecule has 1 aliphatic heterocycles. The topological polar surface area (TPSA) is 75.8 Å². The van der Waals surface area contributed by atoms with Crippen LogP contribution in [0.4, 0.5) is 11.4 Å². The number of amides is 1. The summed E-state index contributed by atoms with van der Waals surface area (Å²) in [5.41, 5.74) is 1.55. The van der Waals surface area contributed by atoms with E-state index in [-0.39, 0.29) is 17.1 Å². The summed E-state index contributed by atoms with van der Waals surface area (Å²) in [5, 5.41) is 12.1. The van der Waals surface area contributed by atoms with Crippen molar-refractivity contribution in [3.05, 3.63) is 111 Å². The van der Waals surface area contributed by atoms with Gasteiger partial charge in [-0.25, -0.2) is 4.99 Å². The van der Waals surface area contributed by atoms with Gasteiger partial charge in [-0.2, -0.15) is 0 Å². The Balaban J connectivity index is 1.88. The fourth-order valence-corrected chi connectivity index (χ4v) is 3.28. The first-order chi connectivity index (χ1) is 14.0. The average Bonchev–Trinajstić information content (AvgIpc) is 3.04. The van der Waals surface area contributed by atoms with Crippen molar-refractivity contribution >= 4 is 40.8 Å². The van der Waals surface area contributed by atoms with Gasteiger partial charge < -0.3 is 0 Å². The summed E-state index contributed by atoms with van der Waals surface area (Å²) in [6.45, 7) is 0. The Morgan fingerprint density at radius 1 is 0.966 bits per heavy atom. The van der Waals surface area contributed by atoms with Gasteiger partial charge in [-0.05, 0) is 29.8 Å². The molecule has 7 heteroatoms. The number of carbonyl (C=O) groups is 1. The number of nitro benzene ring substituents is 1. The number of nitrogens with zero attached hydrogens (tertiary/aromatic N) is 3. The maximum absolute atomic E-state index is 13.2. The van der Waals surface area contributed by atoms with Gasteiger partial charge in [0.2, 0.25) is 0 Å². The number of amidine groups is 1. The lowest BCUT2D eigenvalue weighted by atomic mass is 10.1. The molecule has 0 bridgehead atoms. The number of anilines is 1. The second-order valence-corrected chi connectivity index (χ2v) is 6.71. The minimum atomic E-state index is -0.510. The Kier molecular flexibility index (Phi) is 4.93. The molecule has 0 aromatic heterocycles. The molecule has 3 aromatic rings. The van der Waals surface area contributed by atoms with Crippen LogP contribution in [0.1, 0.15) is 11.1 Å². The van der Waals surface area contributed by atoms with Gasteiger partial charge in [0, 0.05) is 16.7 Å². The highest BCUT2D eigenvalue weighted by molar-refractivity contribution is 6.34. The number of benzene rings is 3. The van der Waals surface area contributed by atoms with Crippen molar-refractivity contribution in [1.82, 2.24) is 0 Å². The van der Waals surface area contributed by atoms with Crippen LogP contribution in [0, 0.1) is 10.1 Å². The van der Waals surface area contributed by atoms with Crippen LogP contribution in [-0.4, -0.2) is 16.7 Å². The summed E-state index contributed by atoms with van der Waals surface area (Å²) >= 11 is 6.04. The zero-order chi connectivity index (χ0) is 20.4. The zero-order valence-electron chi connectivity index (χ0n) is 15.0. The van der Waals surface area contributed by atoms with Crippen molar-refractivity contribution in [2.75, 3.05) is 4.90 Å². The molecule has 0 fully saturated rings. The number of carbonyl (C=O) groups excluding carboxylic acids is 1. The molecule has 4 rings (SSSR count). The fourth-order valence-electron chi connectivity index (χ4n) is 3.08. The molecule has 1 heterocycles. The molecule has 29 heavy (non-hydrogen) atoms. The molecule has 1 amide bonds. The highest BCUT2D eigenvalue weighted by atomic mass is 35.5. The molecular weight excluding hydrogens is 390 g/mol. The van der Waals surface area contributed by atoms with Crippen molar-refractivity contribution in [3.8, 4) is 0 Å². The molecule has 0 atom stereocenters. The molecule has 0 saturated carbocycles. The van der Waals surface area contributed by atoms with Gasteiger partial charge in [0.25, 0.3) is 11.6 Å². The molecule has 0 N–H and O–H groups in total. The summed E-state index contributed by atoms with van der Waals surface area (Å²) in [5.74, 6) is -0.115. The maximum Gasteiger partial charge on any atom is 0.293 e. The van der Waals surface area contributed by atoms with E-state index in [0.29, 0.717) is 22.0 Å². The van der Waals surface area contributed by atoms with Crippen LogP contribution in [0.2, 0.25) is 5.02 Å². The van der Waals surface area contributed by atoms with E-state index in [2.05, 4.69) is 4.99 Å². The van der Waals surface area contributed by atoms with Crippen LogP contribution >= 0.6 is 11.6 Å². The first-order valence-corrected chi connectivity index (χ1v) is 9.11. The minimum absolute atomic E-state index is 0.166. The molecule has 1 aliphatic rings. The Labute approximate surface area is 171 Å². The molecule has 0 saturated heterocycles. The molecule has 142 valence electrons. The van der Waals surface area contributed by atoms with Crippen molar-refractivity contribution in [2.24, 2.45) is 4.99 Å². The summed E-state index contributed by atoms with van der Waals surface area (Å²) < 4.78 is 0. The number of rotatable bonds is 4. The molecule has 0 unspecified atom stereocenters. The lowest BCUT2D eigenvalue weighted by molar-refractivity contribution is -0.384. The van der Waals surface area contributed by atoms with Crippen LogP contribution < -0.4 is 4.90 Å². The standard InChI is InChI=1S/C22H14ClN3O3/c23-17-10-6-7-15(13-17)14-18-22(27)25(19-11-4-5-12-20(19)26(28)29)21(24-18)16-8-2-1-3-9-16/h1-14H. The monoisotopic (exact) mass is 403 g/mol. The van der Waals surface area contributed by atoms with Crippen LogP contribution in [0.5, 0.6) is 0 Å². The van der Waals surface area contributed by atoms with Gasteiger partial charge in [-0.15, -0.1) is 0 Å². The number of halogens is 1. The van der Waals surface area contributed by atoms with Crippen molar-refractivity contribution in [1.29, 1.82) is 0 Å². The van der Waals surface area contributed by atoms with Crippen LogP contribution in [0.25, 0.3) is 6.08 Å². The van der Waals surface area contributed by atoms with Crippen LogP contribution in [0.15, 0.2) is 89.6 Å². The smallest absolute Gasteiger partial charge is 0.266 e. The van der Waals surface area contributed by atoms with Crippen molar-refractivity contribution < 1.29 is 9.72 Å². The lowest BCUT2D eigenvalue weighted by Crippen LogP contribution is -2.33. The summed E-state index contributed by atoms with van der Waals surface area (Å²) in [6, 6.07) is 22.2. The third-order valence-electron chi connectivity index (χ3n) is 4.36. The predicted octanol–water partition coefficient (Wildman–Crippen LogP) is 5.08. The summed E-state index contributed by atoms with van der Waals surface area (Å²) in [7, 11) is 0. The normalized spacial score (nSPS) is 14.9. The Morgan fingerprint density at radius 3 is 2.41 bits per heavy atom. The third-order valence-corrected chi connectivity index (χ3v) is 4.60. The highest BCUT2D eigenvalue weighted by Gasteiger charge is 2.36. The van der Waals surface area contributed by atoms with E-state index in [1.54, 1.807) is 54.6 Å². The average molecular weight is 404 g/mol. The number of hydrogen-bond acceptors (Lipinski definition) is 4. The minimum Gasteiger partial charge on any atom is -0.266 e. The number of para-hydroxylation sites is 2. The van der Waals surface area contributed by atoms with Gasteiger partial charge in [0.1, 0.15) is 17.2 Å². The van der Waals surface area contributed by atoms with E-state index in [1.165, 1.54) is 17.0 Å². The molecule has 0 spiro atoms. The second-order valence-electron chi connectivity index (χ2n) is 6.27. The van der Waals surface area contributed by atoms with Crippen LogP contribution in [0.3, 0.4) is 0 Å². The van der Waals surface area contributed by atoms with Crippen molar-refractivity contribution in [2.45, 2.75) is 0 Å². The molecule has 3 aromatic carbocycles. The Morgan fingerprint density at radius 2 is 1.69 bits per heavy atom. The van der Waals surface area contributed by atoms with Crippen molar-refractivity contribution in [3.63, 3.8) is 0 Å². The van der Waals surface area contributed by atoms with E-state index in [0.717, 1.165) is 0 Å². The van der Waals surface area contributed by atoms with E-state index in [1.807, 2.05) is 18.2 Å². The number of nitro groups is 1. The molecule has 0 aliphatic carbocycles. The van der Waals surface area contributed by atoms with Gasteiger partial charge in [-0.1, -0.05) is 66.2 Å². The Hall–Kier alpha value is -3.77. The molecular formula is C22H14ClN3O3. The van der Waals surface area contributed by atoms with E-state index in [9.17, 15) is 14.9 Å². The quantitative estimate of drug-likeness (QED) is 0.346. The highest BCUT2D eigenvalue weighted by Crippen LogP contribution is 2.34. The van der Waals surface area contributed by atoms with Crippen LogP contribution in [-0.2, 0) is 4.79 Å².